The molecule has 0 radical (unpaired) electrons. The predicted octanol–water partition coefficient (Wildman–Crippen LogP) is 3.56. The number of aromatic nitrogens is 1. The van der Waals surface area contributed by atoms with E-state index in [1.165, 1.54) is 0 Å². The topological polar surface area (TPSA) is 82.8 Å². The Morgan fingerprint density at radius 3 is 2.41 bits per heavy atom. The van der Waals surface area contributed by atoms with Gasteiger partial charge in [-0.2, -0.15) is 11.8 Å². The number of fused-ring (bicyclic) bond motifs is 1. The van der Waals surface area contributed by atoms with Crippen LogP contribution in [0.2, 0.25) is 0 Å². The molecule has 1 aromatic heterocycles. The standard InChI is InChI=1S/C22H22N2O4S/c25-21(26)16-6-7-19-17(12-16)18(14-24(19)13-15-4-2-1-3-5-15)20(22(27)28)23-8-10-29-11-9-23/h1-7,12,14,20H,8-11,13H2,(H,25,26)(H,27,28). The number of thioether (sulfide) groups is 1. The van der Waals surface area contributed by atoms with E-state index in [0.717, 1.165) is 22.6 Å². The van der Waals surface area contributed by atoms with Gasteiger partial charge in [-0.05, 0) is 23.8 Å². The van der Waals surface area contributed by atoms with Crippen molar-refractivity contribution in [3.05, 3.63) is 71.4 Å². The van der Waals surface area contributed by atoms with Crippen molar-refractivity contribution in [2.24, 2.45) is 0 Å². The van der Waals surface area contributed by atoms with Gasteiger partial charge in [-0.25, -0.2) is 4.79 Å². The molecule has 0 amide bonds. The molecule has 0 aliphatic carbocycles. The lowest BCUT2D eigenvalue weighted by atomic mass is 10.0. The van der Waals surface area contributed by atoms with Gasteiger partial charge in [0.1, 0.15) is 6.04 Å². The SMILES string of the molecule is O=C(O)c1ccc2c(c1)c(C(C(=O)O)N1CCSCC1)cn2Cc1ccccc1. The summed E-state index contributed by atoms with van der Waals surface area (Å²) in [5, 5.41) is 20.2. The Kier molecular flexibility index (Phi) is 5.60. The average Bonchev–Trinajstić information content (AvgIpc) is 3.07. The second-order valence-corrected chi connectivity index (χ2v) is 8.35. The first kappa shape index (κ1) is 19.5. The quantitative estimate of drug-likeness (QED) is 0.647. The van der Waals surface area contributed by atoms with E-state index in [1.807, 2.05) is 57.8 Å². The van der Waals surface area contributed by atoms with Crippen LogP contribution in [0.4, 0.5) is 0 Å². The molecule has 1 saturated heterocycles. The van der Waals surface area contributed by atoms with Crippen molar-refractivity contribution in [2.45, 2.75) is 12.6 Å². The Hall–Kier alpha value is -2.77. The molecular weight excluding hydrogens is 388 g/mol. The minimum Gasteiger partial charge on any atom is -0.480 e. The number of hydrogen-bond acceptors (Lipinski definition) is 4. The van der Waals surface area contributed by atoms with Gasteiger partial charge in [0.15, 0.2) is 0 Å². The molecule has 4 rings (SSSR count). The van der Waals surface area contributed by atoms with Crippen LogP contribution in [0.5, 0.6) is 0 Å². The van der Waals surface area contributed by atoms with Gasteiger partial charge in [-0.3, -0.25) is 9.69 Å². The highest BCUT2D eigenvalue weighted by molar-refractivity contribution is 7.99. The lowest BCUT2D eigenvalue weighted by Gasteiger charge is -2.31. The summed E-state index contributed by atoms with van der Waals surface area (Å²) in [6.45, 7) is 1.99. The molecule has 0 bridgehead atoms. The Morgan fingerprint density at radius 2 is 1.76 bits per heavy atom. The Labute approximate surface area is 172 Å². The molecule has 6 nitrogen and oxygen atoms in total. The normalized spacial score (nSPS) is 16.0. The van der Waals surface area contributed by atoms with Crippen molar-refractivity contribution in [2.75, 3.05) is 24.6 Å². The maximum Gasteiger partial charge on any atom is 0.335 e. The molecule has 1 fully saturated rings. The fourth-order valence-corrected chi connectivity index (χ4v) is 4.84. The fourth-order valence-electron chi connectivity index (χ4n) is 3.91. The summed E-state index contributed by atoms with van der Waals surface area (Å²) in [5.74, 6) is -0.133. The molecule has 1 aliphatic heterocycles. The molecule has 150 valence electrons. The van der Waals surface area contributed by atoms with Crippen LogP contribution in [0.15, 0.2) is 54.7 Å². The van der Waals surface area contributed by atoms with Gasteiger partial charge < -0.3 is 14.8 Å². The third kappa shape index (κ3) is 4.02. The summed E-state index contributed by atoms with van der Waals surface area (Å²) in [4.78, 5) is 25.8. The van der Waals surface area contributed by atoms with Crippen LogP contribution in [0.25, 0.3) is 10.9 Å². The van der Waals surface area contributed by atoms with E-state index in [2.05, 4.69) is 0 Å². The van der Waals surface area contributed by atoms with Crippen LogP contribution < -0.4 is 0 Å². The van der Waals surface area contributed by atoms with Crippen molar-refractivity contribution >= 4 is 34.6 Å². The molecule has 2 aromatic carbocycles. The summed E-state index contributed by atoms with van der Waals surface area (Å²) in [7, 11) is 0. The van der Waals surface area contributed by atoms with Crippen molar-refractivity contribution in [3.63, 3.8) is 0 Å². The summed E-state index contributed by atoms with van der Waals surface area (Å²) < 4.78 is 2.01. The molecule has 1 aliphatic rings. The summed E-state index contributed by atoms with van der Waals surface area (Å²) in [5.41, 5.74) is 2.75. The zero-order valence-electron chi connectivity index (χ0n) is 15.8. The molecule has 0 saturated carbocycles. The van der Waals surface area contributed by atoms with Gasteiger partial charge in [-0.15, -0.1) is 0 Å². The molecule has 2 heterocycles. The lowest BCUT2D eigenvalue weighted by Crippen LogP contribution is -2.39. The Bertz CT molecular complexity index is 1040. The summed E-state index contributed by atoms with van der Waals surface area (Å²) in [6, 6.07) is 14.1. The highest BCUT2D eigenvalue weighted by atomic mass is 32.2. The zero-order valence-corrected chi connectivity index (χ0v) is 16.6. The van der Waals surface area contributed by atoms with Gasteiger partial charge in [0.25, 0.3) is 0 Å². The second kappa shape index (κ2) is 8.31. The Balaban J connectivity index is 1.85. The monoisotopic (exact) mass is 410 g/mol. The maximum atomic E-state index is 12.3. The average molecular weight is 410 g/mol. The first-order valence-corrected chi connectivity index (χ1v) is 10.6. The van der Waals surface area contributed by atoms with Crippen molar-refractivity contribution in [1.82, 2.24) is 9.47 Å². The highest BCUT2D eigenvalue weighted by Gasteiger charge is 2.31. The number of rotatable bonds is 6. The molecule has 3 aromatic rings. The van der Waals surface area contributed by atoms with Crippen LogP contribution in [0.3, 0.4) is 0 Å². The van der Waals surface area contributed by atoms with Gasteiger partial charge in [0, 0.05) is 53.8 Å². The molecule has 7 heteroatoms. The highest BCUT2D eigenvalue weighted by Crippen LogP contribution is 2.33. The molecule has 1 atom stereocenters. The molecule has 2 N–H and O–H groups in total. The van der Waals surface area contributed by atoms with Crippen molar-refractivity contribution in [1.29, 1.82) is 0 Å². The van der Waals surface area contributed by atoms with Crippen molar-refractivity contribution in [3.8, 4) is 0 Å². The Morgan fingerprint density at radius 1 is 1.03 bits per heavy atom. The number of carbonyl (C=O) groups is 2. The van der Waals surface area contributed by atoms with Crippen LogP contribution >= 0.6 is 11.8 Å². The van der Waals surface area contributed by atoms with E-state index in [1.54, 1.807) is 18.2 Å². The van der Waals surface area contributed by atoms with Gasteiger partial charge >= 0.3 is 11.9 Å². The summed E-state index contributed by atoms with van der Waals surface area (Å²) in [6.07, 6.45) is 1.88. The van der Waals surface area contributed by atoms with E-state index in [9.17, 15) is 19.8 Å². The van der Waals surface area contributed by atoms with Gasteiger partial charge in [0.05, 0.1) is 5.56 Å². The minimum absolute atomic E-state index is 0.162. The molecule has 0 spiro atoms. The predicted molar refractivity (Wildman–Crippen MR) is 114 cm³/mol. The number of aromatic carboxylic acids is 1. The second-order valence-electron chi connectivity index (χ2n) is 7.12. The smallest absolute Gasteiger partial charge is 0.335 e. The largest absolute Gasteiger partial charge is 0.480 e. The number of hydrogen-bond donors (Lipinski definition) is 2. The summed E-state index contributed by atoms with van der Waals surface area (Å²) >= 11 is 1.82. The van der Waals surface area contributed by atoms with Crippen LogP contribution in [0, 0.1) is 0 Å². The first-order valence-electron chi connectivity index (χ1n) is 9.49. The number of aliphatic carboxylic acids is 1. The van der Waals surface area contributed by atoms with E-state index < -0.39 is 18.0 Å². The zero-order chi connectivity index (χ0) is 20.4. The van der Waals surface area contributed by atoms with Crippen LogP contribution in [0.1, 0.15) is 27.5 Å². The van der Waals surface area contributed by atoms with Crippen molar-refractivity contribution < 1.29 is 19.8 Å². The number of carboxylic acid groups (broad SMARTS) is 2. The third-order valence-corrected chi connectivity index (χ3v) is 6.24. The van der Waals surface area contributed by atoms with E-state index >= 15 is 0 Å². The molecule has 1 unspecified atom stereocenters. The lowest BCUT2D eigenvalue weighted by molar-refractivity contribution is -0.143. The maximum absolute atomic E-state index is 12.3. The third-order valence-electron chi connectivity index (χ3n) is 5.29. The van der Waals surface area contributed by atoms with Gasteiger partial charge in [0.2, 0.25) is 0 Å². The van der Waals surface area contributed by atoms with Crippen LogP contribution in [-0.4, -0.2) is 56.2 Å². The fraction of sp³-hybridized carbons (Fsp3) is 0.273. The van der Waals surface area contributed by atoms with Crippen LogP contribution in [-0.2, 0) is 11.3 Å². The minimum atomic E-state index is -1.02. The van der Waals surface area contributed by atoms with E-state index in [4.69, 9.17) is 0 Å². The number of nitrogens with zero attached hydrogens (tertiary/aromatic N) is 2. The van der Waals surface area contributed by atoms with E-state index in [0.29, 0.717) is 30.6 Å². The molecule has 29 heavy (non-hydrogen) atoms. The number of carboxylic acids is 2. The van der Waals surface area contributed by atoms with E-state index in [-0.39, 0.29) is 5.56 Å². The first-order chi connectivity index (χ1) is 14.0. The molecular formula is C22H22N2O4S. The number of benzene rings is 2. The van der Waals surface area contributed by atoms with Gasteiger partial charge in [-0.1, -0.05) is 30.3 Å².